The Morgan fingerprint density at radius 2 is 1.76 bits per heavy atom. The number of aromatic hydroxyl groups is 1. The van der Waals surface area contributed by atoms with Crippen molar-refractivity contribution in [3.63, 3.8) is 0 Å². The summed E-state index contributed by atoms with van der Waals surface area (Å²) in [5, 5.41) is 13.3. The first-order valence-corrected chi connectivity index (χ1v) is 12.7. The lowest BCUT2D eigenvalue weighted by molar-refractivity contribution is 0.475. The van der Waals surface area contributed by atoms with Crippen molar-refractivity contribution in [3.05, 3.63) is 60.6 Å². The zero-order valence-electron chi connectivity index (χ0n) is 18.8. The van der Waals surface area contributed by atoms with Gasteiger partial charge in [0.25, 0.3) is 10.0 Å². The average Bonchev–Trinajstić information content (AvgIpc) is 3.48. The van der Waals surface area contributed by atoms with E-state index in [0.29, 0.717) is 22.6 Å². The molecule has 0 atom stereocenters. The van der Waals surface area contributed by atoms with Crippen molar-refractivity contribution in [1.29, 1.82) is 0 Å². The molecule has 3 N–H and O–H groups in total. The first-order valence-electron chi connectivity index (χ1n) is 11.2. The van der Waals surface area contributed by atoms with Gasteiger partial charge in [-0.05, 0) is 36.1 Å². The van der Waals surface area contributed by atoms with Gasteiger partial charge in [-0.15, -0.1) is 0 Å². The minimum Gasteiger partial charge on any atom is -0.508 e. The first-order chi connectivity index (χ1) is 16.4. The Morgan fingerprint density at radius 3 is 2.44 bits per heavy atom. The minimum absolute atomic E-state index is 0.0551. The highest BCUT2D eigenvalue weighted by Crippen LogP contribution is 2.34. The quantitative estimate of drug-likeness (QED) is 0.361. The number of sulfonamides is 1. The number of aromatic nitrogens is 4. The number of fused-ring (bicyclic) bond motifs is 1. The van der Waals surface area contributed by atoms with Crippen LogP contribution >= 0.6 is 0 Å². The van der Waals surface area contributed by atoms with Crippen LogP contribution in [0.5, 0.6) is 5.75 Å². The normalized spacial score (nSPS) is 14.5. The van der Waals surface area contributed by atoms with Gasteiger partial charge in [-0.1, -0.05) is 43.9 Å². The number of para-hydroxylation sites is 2. The monoisotopic (exact) mass is 478 g/mol. The van der Waals surface area contributed by atoms with Crippen molar-refractivity contribution < 1.29 is 13.5 Å². The molecular weight excluding hydrogens is 452 g/mol. The summed E-state index contributed by atoms with van der Waals surface area (Å²) in [6.45, 7) is 0. The van der Waals surface area contributed by atoms with Gasteiger partial charge in [-0.25, -0.2) is 15.0 Å². The van der Waals surface area contributed by atoms with Gasteiger partial charge in [0.1, 0.15) is 5.75 Å². The van der Waals surface area contributed by atoms with Crippen molar-refractivity contribution in [2.75, 3.05) is 10.0 Å². The highest BCUT2D eigenvalue weighted by atomic mass is 32.2. The maximum absolute atomic E-state index is 13.0. The molecule has 4 aromatic rings. The van der Waals surface area contributed by atoms with Crippen LogP contribution in [0.15, 0.2) is 60.0 Å². The number of imidazole rings is 1. The molecule has 1 aliphatic rings. The number of nitrogens with zero attached hydrogens (tertiary/aromatic N) is 4. The Balaban J connectivity index is 1.55. The number of hydrogen-bond donors (Lipinski definition) is 3. The van der Waals surface area contributed by atoms with E-state index in [1.165, 1.54) is 38.2 Å². The van der Waals surface area contributed by atoms with E-state index >= 15 is 0 Å². The van der Waals surface area contributed by atoms with E-state index in [4.69, 9.17) is 0 Å². The molecule has 2 heterocycles. The Hall–Kier alpha value is -3.66. The molecule has 2 aromatic carbocycles. The van der Waals surface area contributed by atoms with Crippen LogP contribution in [-0.4, -0.2) is 33.0 Å². The number of anilines is 3. The second-order valence-corrected chi connectivity index (χ2v) is 10.3. The Labute approximate surface area is 198 Å². The molecule has 0 radical (unpaired) electrons. The third-order valence-electron chi connectivity index (χ3n) is 6.09. The van der Waals surface area contributed by atoms with Gasteiger partial charge in [0.2, 0.25) is 0 Å². The number of nitrogens with one attached hydrogen (secondary N) is 2. The fourth-order valence-corrected chi connectivity index (χ4v) is 5.37. The summed E-state index contributed by atoms with van der Waals surface area (Å²) in [4.78, 5) is 13.1. The van der Waals surface area contributed by atoms with Gasteiger partial charge in [0, 0.05) is 25.0 Å². The molecular formula is C24H26N6O3S. The SMILES string of the molecule is Cn1cnc(S(=O)(=O)Nc2nc3ccccc3nc2Nc2cc(O)ccc2CC2CCCC2)c1. The second kappa shape index (κ2) is 8.94. The highest BCUT2D eigenvalue weighted by molar-refractivity contribution is 7.92. The molecule has 0 saturated heterocycles. The van der Waals surface area contributed by atoms with Crippen LogP contribution in [0.3, 0.4) is 0 Å². The van der Waals surface area contributed by atoms with E-state index in [1.54, 1.807) is 29.8 Å². The molecule has 10 heteroatoms. The highest BCUT2D eigenvalue weighted by Gasteiger charge is 2.22. The van der Waals surface area contributed by atoms with Gasteiger partial charge < -0.3 is 15.0 Å². The minimum atomic E-state index is -3.99. The molecule has 0 spiro atoms. The maximum Gasteiger partial charge on any atom is 0.282 e. The van der Waals surface area contributed by atoms with E-state index < -0.39 is 10.0 Å². The summed E-state index contributed by atoms with van der Waals surface area (Å²) in [6.07, 6.45) is 8.55. The molecule has 0 bridgehead atoms. The predicted octanol–water partition coefficient (Wildman–Crippen LogP) is 4.35. The first kappa shape index (κ1) is 22.1. The molecule has 0 unspecified atom stereocenters. The van der Waals surface area contributed by atoms with E-state index in [9.17, 15) is 13.5 Å². The number of rotatable bonds is 7. The van der Waals surface area contributed by atoms with E-state index in [0.717, 1.165) is 12.0 Å². The maximum atomic E-state index is 13.0. The number of hydrogen-bond acceptors (Lipinski definition) is 7. The van der Waals surface area contributed by atoms with Gasteiger partial charge in [0.15, 0.2) is 16.7 Å². The van der Waals surface area contributed by atoms with Crippen LogP contribution in [0.1, 0.15) is 31.2 Å². The third kappa shape index (κ3) is 4.67. The Morgan fingerprint density at radius 1 is 1.06 bits per heavy atom. The van der Waals surface area contributed by atoms with Crippen LogP contribution in [0.25, 0.3) is 11.0 Å². The van der Waals surface area contributed by atoms with Gasteiger partial charge in [-0.2, -0.15) is 8.42 Å². The molecule has 176 valence electrons. The van der Waals surface area contributed by atoms with Crippen molar-refractivity contribution >= 4 is 38.4 Å². The molecule has 34 heavy (non-hydrogen) atoms. The van der Waals surface area contributed by atoms with Crippen LogP contribution in [0.2, 0.25) is 0 Å². The largest absolute Gasteiger partial charge is 0.508 e. The predicted molar refractivity (Wildman–Crippen MR) is 131 cm³/mol. The molecule has 1 fully saturated rings. The summed E-state index contributed by atoms with van der Waals surface area (Å²) < 4.78 is 30.1. The zero-order valence-corrected chi connectivity index (χ0v) is 19.6. The van der Waals surface area contributed by atoms with Crippen LogP contribution in [0.4, 0.5) is 17.3 Å². The molecule has 2 aromatic heterocycles. The number of aryl methyl sites for hydroxylation is 1. The average molecular weight is 479 g/mol. The van der Waals surface area contributed by atoms with Crippen molar-refractivity contribution in [3.8, 4) is 5.75 Å². The second-order valence-electron chi connectivity index (χ2n) is 8.71. The number of benzene rings is 2. The third-order valence-corrected chi connectivity index (χ3v) is 7.31. The van der Waals surface area contributed by atoms with E-state index in [1.807, 2.05) is 24.3 Å². The lowest BCUT2D eigenvalue weighted by Gasteiger charge is -2.17. The summed E-state index contributed by atoms with van der Waals surface area (Å²) in [6, 6.07) is 12.5. The van der Waals surface area contributed by atoms with Crippen molar-refractivity contribution in [1.82, 2.24) is 19.5 Å². The summed E-state index contributed by atoms with van der Waals surface area (Å²) in [5.74, 6) is 1.01. The van der Waals surface area contributed by atoms with E-state index in [-0.39, 0.29) is 22.4 Å². The smallest absolute Gasteiger partial charge is 0.282 e. The number of phenols is 1. The molecule has 0 aliphatic heterocycles. The molecule has 9 nitrogen and oxygen atoms in total. The molecule has 1 aliphatic carbocycles. The fourth-order valence-electron chi connectivity index (χ4n) is 4.38. The Bertz CT molecular complexity index is 1440. The molecule has 0 amide bonds. The van der Waals surface area contributed by atoms with Crippen LogP contribution < -0.4 is 10.0 Å². The zero-order chi connectivity index (χ0) is 23.7. The number of phenolic OH excluding ortho intramolecular Hbond substituents is 1. The van der Waals surface area contributed by atoms with Crippen molar-refractivity contribution in [2.45, 2.75) is 37.1 Å². The summed E-state index contributed by atoms with van der Waals surface area (Å²) >= 11 is 0. The topological polar surface area (TPSA) is 122 Å². The van der Waals surface area contributed by atoms with E-state index in [2.05, 4.69) is 25.0 Å². The fraction of sp³-hybridized carbons (Fsp3) is 0.292. The standard InChI is InChI=1S/C24H26N6O3S/c1-30-14-22(25-15-30)34(32,33)29-24-23(26-19-8-4-5-9-20(19)27-24)28-21-13-18(31)11-10-17(21)12-16-6-2-3-7-16/h4-5,8-11,13-16,31H,2-3,6-7,12H2,1H3,(H,26,28)(H,27,29). The molecule has 1 saturated carbocycles. The molecule has 5 rings (SSSR count). The summed E-state index contributed by atoms with van der Waals surface area (Å²) in [7, 11) is -2.29. The van der Waals surface area contributed by atoms with Gasteiger partial charge in [-0.3, -0.25) is 4.72 Å². The van der Waals surface area contributed by atoms with Gasteiger partial charge in [0.05, 0.1) is 17.4 Å². The Kier molecular flexibility index (Phi) is 5.82. The van der Waals surface area contributed by atoms with Gasteiger partial charge >= 0.3 is 0 Å². The lowest BCUT2D eigenvalue weighted by Crippen LogP contribution is -2.16. The summed E-state index contributed by atoms with van der Waals surface area (Å²) in [5.41, 5.74) is 2.88. The van der Waals surface area contributed by atoms with Crippen molar-refractivity contribution in [2.24, 2.45) is 13.0 Å². The lowest BCUT2D eigenvalue weighted by atomic mass is 9.96. The van der Waals surface area contributed by atoms with Crippen LogP contribution in [0, 0.1) is 5.92 Å². The van der Waals surface area contributed by atoms with Crippen LogP contribution in [-0.2, 0) is 23.5 Å².